The van der Waals surface area contributed by atoms with E-state index < -0.39 is 28.0 Å². The van der Waals surface area contributed by atoms with Gasteiger partial charge in [-0.15, -0.1) is 0 Å². The summed E-state index contributed by atoms with van der Waals surface area (Å²) in [4.78, 5) is 24.0. The molecule has 0 bridgehead atoms. The molecule has 2 aromatic carbocycles. The van der Waals surface area contributed by atoms with E-state index in [1.54, 1.807) is 12.1 Å². The first kappa shape index (κ1) is 19.6. The Labute approximate surface area is 150 Å². The molecule has 1 atom stereocenters. The number of primary sulfonamides is 1. The van der Waals surface area contributed by atoms with Gasteiger partial charge in [-0.05, 0) is 48.9 Å². The van der Waals surface area contributed by atoms with Crippen molar-refractivity contribution in [3.05, 3.63) is 59.7 Å². The highest BCUT2D eigenvalue weighted by molar-refractivity contribution is 7.89. The van der Waals surface area contributed by atoms with E-state index in [4.69, 9.17) is 15.0 Å². The molecular weight excluding hydrogens is 360 g/mol. The molecule has 1 amide bonds. The number of carbonyl (C=O) groups is 2. The Kier molecular flexibility index (Phi) is 6.09. The van der Waals surface area contributed by atoms with E-state index in [2.05, 4.69) is 5.32 Å². The second-order valence-electron chi connectivity index (χ2n) is 5.46. The summed E-state index contributed by atoms with van der Waals surface area (Å²) in [5.74, 6) is -1.25. The molecule has 0 saturated heterocycles. The highest BCUT2D eigenvalue weighted by Crippen LogP contribution is 2.14. The molecule has 0 unspecified atom stereocenters. The first-order chi connectivity index (χ1) is 12.2. The lowest BCUT2D eigenvalue weighted by Gasteiger charge is -2.14. The molecule has 138 valence electrons. The lowest BCUT2D eigenvalue weighted by molar-refractivity contribution is -0.123. The summed E-state index contributed by atoms with van der Waals surface area (Å²) >= 11 is 0. The molecule has 0 aliphatic heterocycles. The summed E-state index contributed by atoms with van der Waals surface area (Å²) in [7, 11) is -3.81. The van der Waals surface area contributed by atoms with Gasteiger partial charge >= 0.3 is 5.97 Å². The highest BCUT2D eigenvalue weighted by atomic mass is 32.2. The Morgan fingerprint density at radius 3 is 2.19 bits per heavy atom. The molecule has 0 aromatic heterocycles. The van der Waals surface area contributed by atoms with Crippen molar-refractivity contribution in [1.29, 1.82) is 0 Å². The summed E-state index contributed by atoms with van der Waals surface area (Å²) in [5.41, 5.74) is 1.23. The number of sulfonamides is 1. The Hall–Kier alpha value is -2.75. The van der Waals surface area contributed by atoms with Gasteiger partial charge in [-0.25, -0.2) is 18.4 Å². The topological polar surface area (TPSA) is 136 Å². The zero-order valence-electron chi connectivity index (χ0n) is 13.9. The molecule has 0 aliphatic carbocycles. The normalized spacial score (nSPS) is 12.3. The predicted octanol–water partition coefficient (Wildman–Crippen LogP) is 1.01. The second kappa shape index (κ2) is 8.09. The maximum atomic E-state index is 12.1. The van der Waals surface area contributed by atoms with E-state index in [0.29, 0.717) is 11.3 Å². The van der Waals surface area contributed by atoms with Gasteiger partial charge in [-0.2, -0.15) is 0 Å². The Balaban J connectivity index is 1.97. The van der Waals surface area contributed by atoms with Crippen molar-refractivity contribution in [1.82, 2.24) is 0 Å². The Bertz CT molecular complexity index is 892. The van der Waals surface area contributed by atoms with E-state index in [1.165, 1.54) is 43.3 Å². The zero-order chi connectivity index (χ0) is 19.3. The van der Waals surface area contributed by atoms with Gasteiger partial charge in [0, 0.05) is 5.69 Å². The lowest BCUT2D eigenvalue weighted by Crippen LogP contribution is -2.30. The van der Waals surface area contributed by atoms with Gasteiger partial charge in [0.1, 0.15) is 0 Å². The summed E-state index contributed by atoms with van der Waals surface area (Å²) in [6.07, 6.45) is -1.07. The van der Waals surface area contributed by atoms with E-state index in [-0.39, 0.29) is 17.1 Å². The average Bonchev–Trinajstić information content (AvgIpc) is 2.61. The summed E-state index contributed by atoms with van der Waals surface area (Å²) < 4.78 is 27.5. The number of rotatable bonds is 6. The second-order valence-corrected chi connectivity index (χ2v) is 7.02. The fourth-order valence-corrected chi connectivity index (χ4v) is 2.52. The molecule has 2 aromatic rings. The van der Waals surface area contributed by atoms with Crippen LogP contribution in [0.15, 0.2) is 53.4 Å². The highest BCUT2D eigenvalue weighted by Gasteiger charge is 2.19. The number of aliphatic hydroxyl groups excluding tert-OH is 1. The minimum atomic E-state index is -3.81. The van der Waals surface area contributed by atoms with Crippen LogP contribution >= 0.6 is 0 Å². The van der Waals surface area contributed by atoms with Gasteiger partial charge in [-0.1, -0.05) is 12.1 Å². The molecule has 2 rings (SSSR count). The van der Waals surface area contributed by atoms with Crippen molar-refractivity contribution in [3.8, 4) is 0 Å². The number of aliphatic hydroxyl groups is 1. The molecule has 26 heavy (non-hydrogen) atoms. The Morgan fingerprint density at radius 2 is 1.69 bits per heavy atom. The lowest BCUT2D eigenvalue weighted by atomic mass is 10.1. The first-order valence-electron chi connectivity index (χ1n) is 7.55. The number of ether oxygens (including phenoxy) is 1. The molecular formula is C17H18N2O6S. The number of amides is 1. The number of esters is 1. The molecule has 0 radical (unpaired) electrons. The van der Waals surface area contributed by atoms with Crippen LogP contribution in [0.25, 0.3) is 0 Å². The smallest absolute Gasteiger partial charge is 0.338 e. The van der Waals surface area contributed by atoms with Gasteiger partial charge in [0.05, 0.1) is 17.1 Å². The van der Waals surface area contributed by atoms with Crippen molar-refractivity contribution in [2.45, 2.75) is 24.5 Å². The van der Waals surface area contributed by atoms with Crippen molar-refractivity contribution in [3.63, 3.8) is 0 Å². The van der Waals surface area contributed by atoms with Crippen molar-refractivity contribution in [2.75, 3.05) is 5.32 Å². The SMILES string of the molecule is C[C@@H](OC(=O)c1ccc(CO)cc1)C(=O)Nc1ccc(S(N)(=O)=O)cc1. The Morgan fingerprint density at radius 1 is 1.12 bits per heavy atom. The maximum Gasteiger partial charge on any atom is 0.338 e. The average molecular weight is 378 g/mol. The van der Waals surface area contributed by atoms with Crippen LogP contribution in [0.5, 0.6) is 0 Å². The van der Waals surface area contributed by atoms with Crippen LogP contribution in [0, 0.1) is 0 Å². The number of carbonyl (C=O) groups excluding carboxylic acids is 2. The third-order valence-electron chi connectivity index (χ3n) is 3.48. The van der Waals surface area contributed by atoms with E-state index in [1.807, 2.05) is 0 Å². The molecule has 0 spiro atoms. The molecule has 0 aliphatic rings. The van der Waals surface area contributed by atoms with Gasteiger partial charge in [0.25, 0.3) is 5.91 Å². The number of anilines is 1. The standard InChI is InChI=1S/C17H18N2O6S/c1-11(25-17(22)13-4-2-12(10-20)3-5-13)16(21)19-14-6-8-15(9-7-14)26(18,23)24/h2-9,11,20H,10H2,1H3,(H,19,21)(H2,18,23,24)/t11-/m1/s1. The summed E-state index contributed by atoms with van der Waals surface area (Å²) in [5, 5.41) is 16.5. The predicted molar refractivity (Wildman–Crippen MR) is 93.7 cm³/mol. The summed E-state index contributed by atoms with van der Waals surface area (Å²) in [6, 6.07) is 11.4. The largest absolute Gasteiger partial charge is 0.449 e. The van der Waals surface area contributed by atoms with Crippen LogP contribution in [0.2, 0.25) is 0 Å². The van der Waals surface area contributed by atoms with Crippen molar-refractivity contribution in [2.24, 2.45) is 5.14 Å². The van der Waals surface area contributed by atoms with Gasteiger partial charge < -0.3 is 15.2 Å². The fourth-order valence-electron chi connectivity index (χ4n) is 2.00. The van der Waals surface area contributed by atoms with Crippen LogP contribution in [0.1, 0.15) is 22.8 Å². The number of hydrogen-bond donors (Lipinski definition) is 3. The van der Waals surface area contributed by atoms with Crippen molar-refractivity contribution >= 4 is 27.6 Å². The van der Waals surface area contributed by atoms with Gasteiger partial charge in [0.15, 0.2) is 6.10 Å². The molecule has 0 saturated carbocycles. The third-order valence-corrected chi connectivity index (χ3v) is 4.40. The van der Waals surface area contributed by atoms with E-state index in [0.717, 1.165) is 0 Å². The first-order valence-corrected chi connectivity index (χ1v) is 9.10. The molecule has 0 heterocycles. The van der Waals surface area contributed by atoms with Crippen LogP contribution in [-0.2, 0) is 26.2 Å². The minimum absolute atomic E-state index is 0.0821. The van der Waals surface area contributed by atoms with Gasteiger partial charge in [0.2, 0.25) is 10.0 Å². The number of benzene rings is 2. The zero-order valence-corrected chi connectivity index (χ0v) is 14.7. The quantitative estimate of drug-likeness (QED) is 0.642. The summed E-state index contributed by atoms with van der Waals surface area (Å²) in [6.45, 7) is 1.27. The molecule has 4 N–H and O–H groups in total. The monoisotopic (exact) mass is 378 g/mol. The van der Waals surface area contributed by atoms with Crippen LogP contribution in [0.4, 0.5) is 5.69 Å². The minimum Gasteiger partial charge on any atom is -0.449 e. The molecule has 8 nitrogen and oxygen atoms in total. The van der Waals surface area contributed by atoms with E-state index >= 15 is 0 Å². The maximum absolute atomic E-state index is 12.1. The van der Waals surface area contributed by atoms with E-state index in [9.17, 15) is 18.0 Å². The van der Waals surface area contributed by atoms with Crippen LogP contribution in [-0.4, -0.2) is 31.5 Å². The third kappa shape index (κ3) is 5.12. The van der Waals surface area contributed by atoms with Crippen LogP contribution in [0.3, 0.4) is 0 Å². The number of nitrogens with two attached hydrogens (primary N) is 1. The number of hydrogen-bond acceptors (Lipinski definition) is 6. The van der Waals surface area contributed by atoms with Crippen molar-refractivity contribution < 1.29 is 27.9 Å². The number of nitrogens with one attached hydrogen (secondary N) is 1. The molecule has 9 heteroatoms. The van der Waals surface area contributed by atoms with Crippen LogP contribution < -0.4 is 10.5 Å². The fraction of sp³-hybridized carbons (Fsp3) is 0.176. The molecule has 0 fully saturated rings. The van der Waals surface area contributed by atoms with Gasteiger partial charge in [-0.3, -0.25) is 4.79 Å².